The molecule has 0 spiro atoms. The molecular formula is C9H9NO2S. The Bertz CT molecular complexity index is 338. The van der Waals surface area contributed by atoms with Crippen molar-refractivity contribution in [2.45, 2.75) is 19.3 Å². The predicted molar refractivity (Wildman–Crippen MR) is 49.6 cm³/mol. The van der Waals surface area contributed by atoms with Gasteiger partial charge in [0.05, 0.1) is 11.6 Å². The number of nitriles is 1. The van der Waals surface area contributed by atoms with E-state index in [1.807, 2.05) is 12.1 Å². The molecule has 0 aliphatic heterocycles. The van der Waals surface area contributed by atoms with Crippen LogP contribution in [0.2, 0.25) is 0 Å². The Morgan fingerprint density at radius 1 is 1.69 bits per heavy atom. The summed E-state index contributed by atoms with van der Waals surface area (Å²) in [4.78, 5) is 11.3. The van der Waals surface area contributed by atoms with Crippen molar-refractivity contribution < 1.29 is 9.90 Å². The van der Waals surface area contributed by atoms with Crippen molar-refractivity contribution in [3.8, 4) is 6.07 Å². The molecule has 1 aromatic rings. The molecule has 1 heterocycles. The van der Waals surface area contributed by atoms with E-state index in [0.717, 1.165) is 11.3 Å². The first-order chi connectivity index (χ1) is 6.22. The van der Waals surface area contributed by atoms with Gasteiger partial charge < -0.3 is 5.11 Å². The number of nitrogens with zero attached hydrogens (tertiary/aromatic N) is 1. The summed E-state index contributed by atoms with van der Waals surface area (Å²) < 4.78 is 0. The number of aryl methyl sites for hydroxylation is 1. The summed E-state index contributed by atoms with van der Waals surface area (Å²) in [5.74, 6) is -0.767. The van der Waals surface area contributed by atoms with Crippen molar-refractivity contribution in [3.63, 3.8) is 0 Å². The summed E-state index contributed by atoms with van der Waals surface area (Å²) in [5.41, 5.74) is 0.662. The van der Waals surface area contributed by atoms with Crippen LogP contribution >= 0.6 is 11.3 Å². The summed E-state index contributed by atoms with van der Waals surface area (Å²) in [7, 11) is 0. The summed E-state index contributed by atoms with van der Waals surface area (Å²) in [6.07, 6.45) is 1.58. The fourth-order valence-corrected chi connectivity index (χ4v) is 1.84. The van der Waals surface area contributed by atoms with Crippen molar-refractivity contribution in [2.75, 3.05) is 0 Å². The Labute approximate surface area is 80.2 Å². The molecule has 0 aliphatic carbocycles. The fraction of sp³-hybridized carbons (Fsp3) is 0.333. The summed E-state index contributed by atoms with van der Waals surface area (Å²) in [6, 6.07) is 3.85. The van der Waals surface area contributed by atoms with Crippen LogP contribution in [0.15, 0.2) is 11.4 Å². The molecule has 0 fully saturated rings. The van der Waals surface area contributed by atoms with E-state index in [1.165, 1.54) is 11.3 Å². The van der Waals surface area contributed by atoms with Crippen LogP contribution in [0.3, 0.4) is 0 Å². The van der Waals surface area contributed by atoms with Crippen LogP contribution in [0.5, 0.6) is 0 Å². The van der Waals surface area contributed by atoms with Gasteiger partial charge in [0.25, 0.3) is 0 Å². The highest BCUT2D eigenvalue weighted by Gasteiger charge is 2.01. The van der Waals surface area contributed by atoms with E-state index < -0.39 is 5.97 Å². The van der Waals surface area contributed by atoms with Gasteiger partial charge in [-0.25, -0.2) is 0 Å². The lowest BCUT2D eigenvalue weighted by molar-refractivity contribution is -0.137. The molecule has 13 heavy (non-hydrogen) atoms. The van der Waals surface area contributed by atoms with Crippen LogP contribution in [-0.2, 0) is 11.2 Å². The SMILES string of the molecule is N#Cc1csc(CCCC(=O)O)c1. The molecule has 0 bridgehead atoms. The molecule has 68 valence electrons. The van der Waals surface area contributed by atoms with E-state index in [4.69, 9.17) is 10.4 Å². The van der Waals surface area contributed by atoms with Gasteiger partial charge in [0, 0.05) is 16.7 Å². The minimum atomic E-state index is -0.767. The molecule has 0 amide bonds. The normalized spacial score (nSPS) is 9.46. The third kappa shape index (κ3) is 3.26. The quantitative estimate of drug-likeness (QED) is 0.799. The van der Waals surface area contributed by atoms with Crippen molar-refractivity contribution in [1.29, 1.82) is 5.26 Å². The van der Waals surface area contributed by atoms with Crippen LogP contribution in [0.4, 0.5) is 0 Å². The standard InChI is InChI=1S/C9H9NO2S/c10-5-7-4-8(13-6-7)2-1-3-9(11)12/h4,6H,1-3H2,(H,11,12). The van der Waals surface area contributed by atoms with Crippen LogP contribution < -0.4 is 0 Å². The lowest BCUT2D eigenvalue weighted by Gasteiger charge is -1.92. The number of carbonyl (C=O) groups is 1. The summed E-state index contributed by atoms with van der Waals surface area (Å²) in [6.45, 7) is 0. The maximum absolute atomic E-state index is 10.2. The highest BCUT2D eigenvalue weighted by atomic mass is 32.1. The zero-order chi connectivity index (χ0) is 9.68. The zero-order valence-electron chi connectivity index (χ0n) is 6.99. The highest BCUT2D eigenvalue weighted by Crippen LogP contribution is 2.16. The maximum atomic E-state index is 10.2. The largest absolute Gasteiger partial charge is 0.481 e. The molecule has 4 heteroatoms. The number of hydrogen-bond acceptors (Lipinski definition) is 3. The summed E-state index contributed by atoms with van der Waals surface area (Å²) in [5, 5.41) is 18.7. The van der Waals surface area contributed by atoms with E-state index in [-0.39, 0.29) is 6.42 Å². The van der Waals surface area contributed by atoms with E-state index >= 15 is 0 Å². The second-order valence-corrected chi connectivity index (χ2v) is 3.66. The van der Waals surface area contributed by atoms with Gasteiger partial charge >= 0.3 is 5.97 Å². The lowest BCUT2D eigenvalue weighted by Crippen LogP contribution is -1.94. The molecule has 0 aliphatic rings. The second-order valence-electron chi connectivity index (χ2n) is 2.66. The molecule has 1 aromatic heterocycles. The average molecular weight is 195 g/mol. The van der Waals surface area contributed by atoms with Gasteiger partial charge in [0.15, 0.2) is 0 Å². The average Bonchev–Trinajstić information content (AvgIpc) is 2.52. The molecular weight excluding hydrogens is 186 g/mol. The van der Waals surface area contributed by atoms with Crippen molar-refractivity contribution >= 4 is 17.3 Å². The van der Waals surface area contributed by atoms with Gasteiger partial charge in [0.1, 0.15) is 0 Å². The third-order valence-corrected chi connectivity index (χ3v) is 2.59. The van der Waals surface area contributed by atoms with E-state index in [0.29, 0.717) is 12.0 Å². The first-order valence-corrected chi connectivity index (χ1v) is 4.79. The van der Waals surface area contributed by atoms with Gasteiger partial charge in [-0.2, -0.15) is 5.26 Å². The molecule has 0 radical (unpaired) electrons. The topological polar surface area (TPSA) is 61.1 Å². The van der Waals surface area contributed by atoms with E-state index in [1.54, 1.807) is 5.38 Å². The molecule has 1 N–H and O–H groups in total. The van der Waals surface area contributed by atoms with Crippen molar-refractivity contribution in [1.82, 2.24) is 0 Å². The molecule has 0 saturated heterocycles. The minimum absolute atomic E-state index is 0.194. The Kier molecular flexibility index (Phi) is 3.47. The molecule has 3 nitrogen and oxygen atoms in total. The minimum Gasteiger partial charge on any atom is -0.481 e. The number of thiophene rings is 1. The van der Waals surface area contributed by atoms with Gasteiger partial charge in [-0.3, -0.25) is 4.79 Å². The Balaban J connectivity index is 2.38. The zero-order valence-corrected chi connectivity index (χ0v) is 7.80. The fourth-order valence-electron chi connectivity index (χ4n) is 0.984. The Morgan fingerprint density at radius 2 is 2.46 bits per heavy atom. The Hall–Kier alpha value is -1.34. The van der Waals surface area contributed by atoms with E-state index in [2.05, 4.69) is 0 Å². The van der Waals surface area contributed by atoms with Crippen molar-refractivity contribution in [3.05, 3.63) is 21.9 Å². The molecule has 0 unspecified atom stereocenters. The summed E-state index contributed by atoms with van der Waals surface area (Å²) >= 11 is 1.51. The molecule has 0 saturated carbocycles. The van der Waals surface area contributed by atoms with Crippen LogP contribution in [-0.4, -0.2) is 11.1 Å². The Morgan fingerprint density at radius 3 is 3.00 bits per heavy atom. The lowest BCUT2D eigenvalue weighted by atomic mass is 10.2. The van der Waals surface area contributed by atoms with Gasteiger partial charge in [-0.1, -0.05) is 0 Å². The highest BCUT2D eigenvalue weighted by molar-refractivity contribution is 7.10. The number of carboxylic acid groups (broad SMARTS) is 1. The van der Waals surface area contributed by atoms with Crippen LogP contribution in [0.1, 0.15) is 23.3 Å². The number of carboxylic acids is 1. The van der Waals surface area contributed by atoms with E-state index in [9.17, 15) is 4.79 Å². The first kappa shape index (κ1) is 9.75. The van der Waals surface area contributed by atoms with Gasteiger partial charge in [-0.05, 0) is 18.9 Å². The molecule has 0 atom stereocenters. The second kappa shape index (κ2) is 4.63. The number of aliphatic carboxylic acids is 1. The van der Waals surface area contributed by atoms with Crippen LogP contribution in [0.25, 0.3) is 0 Å². The molecule has 0 aromatic carbocycles. The monoisotopic (exact) mass is 195 g/mol. The predicted octanol–water partition coefficient (Wildman–Crippen LogP) is 2.03. The maximum Gasteiger partial charge on any atom is 0.303 e. The number of hydrogen-bond donors (Lipinski definition) is 1. The number of rotatable bonds is 4. The van der Waals surface area contributed by atoms with Crippen molar-refractivity contribution in [2.24, 2.45) is 0 Å². The smallest absolute Gasteiger partial charge is 0.303 e. The third-order valence-electron chi connectivity index (χ3n) is 1.60. The first-order valence-electron chi connectivity index (χ1n) is 3.91. The van der Waals surface area contributed by atoms with Gasteiger partial charge in [-0.15, -0.1) is 11.3 Å². The molecule has 1 rings (SSSR count). The van der Waals surface area contributed by atoms with Gasteiger partial charge in [0.2, 0.25) is 0 Å². The van der Waals surface area contributed by atoms with Crippen LogP contribution in [0, 0.1) is 11.3 Å².